The lowest BCUT2D eigenvalue weighted by Gasteiger charge is -2.38. The van der Waals surface area contributed by atoms with Gasteiger partial charge in [-0.3, -0.25) is 0 Å². The maximum absolute atomic E-state index is 1.70. The van der Waals surface area contributed by atoms with Crippen LogP contribution in [0.2, 0.25) is 0 Å². The molecule has 14 heavy (non-hydrogen) atoms. The molecule has 9 aliphatic rings. The normalized spacial score (nSPS) is 96.0. The molecule has 0 heterocycles. The summed E-state index contributed by atoms with van der Waals surface area (Å²) in [7, 11) is 0. The van der Waals surface area contributed by atoms with Crippen LogP contribution in [0, 0.1) is 71.0 Å². The number of rotatable bonds is 0. The summed E-state index contributed by atoms with van der Waals surface area (Å²) in [6, 6.07) is 0. The van der Waals surface area contributed by atoms with E-state index in [1.54, 1.807) is 12.8 Å². The van der Waals surface area contributed by atoms with Gasteiger partial charge >= 0.3 is 0 Å². The molecule has 9 fully saturated rings. The van der Waals surface area contributed by atoms with Crippen molar-refractivity contribution < 1.29 is 0 Å². The zero-order valence-corrected chi connectivity index (χ0v) is 8.34. The van der Waals surface area contributed by atoms with Crippen LogP contribution in [0.3, 0.4) is 0 Å². The predicted molar refractivity (Wildman–Crippen MR) is 51.1 cm³/mol. The molecular weight excluding hydrogens is 168 g/mol. The lowest BCUT2D eigenvalue weighted by molar-refractivity contribution is 0.0886. The molecular formula is C14H16. The van der Waals surface area contributed by atoms with Gasteiger partial charge in [-0.1, -0.05) is 0 Å². The van der Waals surface area contributed by atoms with Gasteiger partial charge in [-0.05, 0) is 83.9 Å². The van der Waals surface area contributed by atoms with Crippen LogP contribution in [0.5, 0.6) is 0 Å². The largest absolute Gasteiger partial charge is 0.0464 e. The topological polar surface area (TPSA) is 0 Å². The molecule has 0 nitrogen and oxygen atoms in total. The fourth-order valence-corrected chi connectivity index (χ4v) is 8.73. The standard InChI is InChI=1S/C14H16/c1-3-7-8(3)12-5(1)11(7)13-6-2-4-9(13)10(4)14(6)12/h3-14H,1-2H2. The van der Waals surface area contributed by atoms with Gasteiger partial charge in [0.15, 0.2) is 0 Å². The number of hydrogen-bond acceptors (Lipinski definition) is 0. The Hall–Kier alpha value is 0. The maximum Gasteiger partial charge on any atom is -0.0315 e. The van der Waals surface area contributed by atoms with E-state index >= 15 is 0 Å². The number of hydrogen-bond donors (Lipinski definition) is 0. The highest BCUT2D eigenvalue weighted by atomic mass is 14.9. The van der Waals surface area contributed by atoms with Crippen LogP contribution in [0.15, 0.2) is 0 Å². The first kappa shape index (κ1) is 5.92. The third kappa shape index (κ3) is 0.314. The van der Waals surface area contributed by atoms with E-state index in [9.17, 15) is 0 Å². The highest BCUT2D eigenvalue weighted by Crippen LogP contribution is 2.92. The molecule has 0 unspecified atom stereocenters. The highest BCUT2D eigenvalue weighted by Gasteiger charge is 2.88. The minimum atomic E-state index is 1.28. The van der Waals surface area contributed by atoms with Crippen LogP contribution < -0.4 is 0 Å². The average molecular weight is 184 g/mol. The molecule has 9 saturated carbocycles. The van der Waals surface area contributed by atoms with E-state index < -0.39 is 0 Å². The van der Waals surface area contributed by atoms with Gasteiger partial charge < -0.3 is 0 Å². The zero-order chi connectivity index (χ0) is 8.34. The second-order valence-electron chi connectivity index (χ2n) is 7.75. The summed E-state index contributed by atoms with van der Waals surface area (Å²) in [5.41, 5.74) is 0. The molecule has 0 heteroatoms. The molecule has 0 aromatic rings. The molecule has 0 spiro atoms. The zero-order valence-electron chi connectivity index (χ0n) is 8.34. The van der Waals surface area contributed by atoms with E-state index in [-0.39, 0.29) is 0 Å². The fourth-order valence-electron chi connectivity index (χ4n) is 8.73. The van der Waals surface area contributed by atoms with Gasteiger partial charge in [-0.15, -0.1) is 0 Å². The molecule has 9 aliphatic carbocycles. The summed E-state index contributed by atoms with van der Waals surface area (Å²) in [6.07, 6.45) is 3.41. The third-order valence-corrected chi connectivity index (χ3v) is 8.32. The summed E-state index contributed by atoms with van der Waals surface area (Å²) in [4.78, 5) is 0. The average Bonchev–Trinajstić information content (AvgIpc) is 2.71. The van der Waals surface area contributed by atoms with Crippen LogP contribution in [-0.4, -0.2) is 0 Å². The quantitative estimate of drug-likeness (QED) is 0.541. The Balaban J connectivity index is 1.61. The van der Waals surface area contributed by atoms with Gasteiger partial charge in [-0.2, -0.15) is 0 Å². The van der Waals surface area contributed by atoms with E-state index in [1.165, 1.54) is 71.0 Å². The first-order chi connectivity index (χ1) is 6.97. The van der Waals surface area contributed by atoms with Gasteiger partial charge in [-0.25, -0.2) is 0 Å². The molecule has 0 amide bonds. The van der Waals surface area contributed by atoms with Crippen molar-refractivity contribution >= 4 is 0 Å². The molecule has 0 aliphatic heterocycles. The van der Waals surface area contributed by atoms with E-state index in [0.717, 1.165) is 0 Å². The SMILES string of the molecule is C1C2C3C2C2C1C3C1C3CC4C1C4C32. The second-order valence-corrected chi connectivity index (χ2v) is 7.75. The van der Waals surface area contributed by atoms with Crippen molar-refractivity contribution in [1.29, 1.82) is 0 Å². The van der Waals surface area contributed by atoms with Gasteiger partial charge in [0.25, 0.3) is 0 Å². The van der Waals surface area contributed by atoms with E-state index in [2.05, 4.69) is 0 Å². The van der Waals surface area contributed by atoms with Crippen LogP contribution in [0.1, 0.15) is 12.8 Å². The second kappa shape index (κ2) is 1.30. The summed E-state index contributed by atoms with van der Waals surface area (Å²) in [5, 5.41) is 0. The predicted octanol–water partition coefficient (Wildman–Crippen LogP) is 2.26. The molecule has 0 radical (unpaired) electrons. The molecule has 0 aromatic carbocycles. The minimum absolute atomic E-state index is 1.28. The summed E-state index contributed by atoms with van der Waals surface area (Å²) in [6.45, 7) is 0. The van der Waals surface area contributed by atoms with Crippen molar-refractivity contribution in [3.8, 4) is 0 Å². The van der Waals surface area contributed by atoms with Crippen LogP contribution in [-0.2, 0) is 0 Å². The van der Waals surface area contributed by atoms with Gasteiger partial charge in [0, 0.05) is 0 Å². The van der Waals surface area contributed by atoms with Crippen LogP contribution in [0.4, 0.5) is 0 Å². The fraction of sp³-hybridized carbons (Fsp3) is 1.00. The molecule has 0 N–H and O–H groups in total. The maximum atomic E-state index is 1.70. The van der Waals surface area contributed by atoms with Gasteiger partial charge in [0.2, 0.25) is 0 Å². The van der Waals surface area contributed by atoms with E-state index in [0.29, 0.717) is 0 Å². The Bertz CT molecular complexity index is 329. The lowest BCUT2D eigenvalue weighted by Crippen LogP contribution is -2.34. The first-order valence-corrected chi connectivity index (χ1v) is 6.97. The Labute approximate surface area is 84.4 Å². The molecule has 0 atom stereocenters. The highest BCUT2D eigenvalue weighted by molar-refractivity contribution is 5.35. The van der Waals surface area contributed by atoms with Crippen molar-refractivity contribution in [1.82, 2.24) is 0 Å². The Morgan fingerprint density at radius 1 is 0.357 bits per heavy atom. The molecule has 9 rings (SSSR count). The smallest absolute Gasteiger partial charge is 0.0315 e. The molecule has 12 bridgehead atoms. The Morgan fingerprint density at radius 3 is 0.714 bits per heavy atom. The monoisotopic (exact) mass is 184 g/mol. The van der Waals surface area contributed by atoms with Crippen molar-refractivity contribution in [2.24, 2.45) is 71.0 Å². The summed E-state index contributed by atoms with van der Waals surface area (Å²) >= 11 is 0. The lowest BCUT2D eigenvalue weighted by atomic mass is 9.66. The molecule has 0 aromatic heterocycles. The van der Waals surface area contributed by atoms with Gasteiger partial charge in [0.1, 0.15) is 0 Å². The van der Waals surface area contributed by atoms with Crippen LogP contribution in [0.25, 0.3) is 0 Å². The van der Waals surface area contributed by atoms with Gasteiger partial charge in [0.05, 0.1) is 0 Å². The third-order valence-electron chi connectivity index (χ3n) is 8.32. The molecule has 0 saturated heterocycles. The molecule has 72 valence electrons. The Morgan fingerprint density at radius 2 is 0.571 bits per heavy atom. The van der Waals surface area contributed by atoms with Crippen molar-refractivity contribution in [3.05, 3.63) is 0 Å². The van der Waals surface area contributed by atoms with Crippen molar-refractivity contribution in [2.45, 2.75) is 12.8 Å². The minimum Gasteiger partial charge on any atom is -0.0464 e. The van der Waals surface area contributed by atoms with Crippen molar-refractivity contribution in [3.63, 3.8) is 0 Å². The summed E-state index contributed by atoms with van der Waals surface area (Å²) in [5.74, 6) is 15.6. The van der Waals surface area contributed by atoms with E-state index in [4.69, 9.17) is 0 Å². The summed E-state index contributed by atoms with van der Waals surface area (Å²) < 4.78 is 0. The first-order valence-electron chi connectivity index (χ1n) is 6.97. The van der Waals surface area contributed by atoms with E-state index in [1.807, 2.05) is 0 Å². The van der Waals surface area contributed by atoms with Crippen LogP contribution >= 0.6 is 0 Å². The Kier molecular flexibility index (Phi) is 0.548. The van der Waals surface area contributed by atoms with Crippen molar-refractivity contribution in [2.75, 3.05) is 0 Å².